The zero-order valence-corrected chi connectivity index (χ0v) is 12.8. The number of hydrogen-bond donors (Lipinski definition) is 2. The Labute approximate surface area is 120 Å². The summed E-state index contributed by atoms with van der Waals surface area (Å²) < 4.78 is 13.0. The molecule has 0 aliphatic carbocycles. The number of rotatable bonds is 6. The molecule has 0 radical (unpaired) electrons. The van der Waals surface area contributed by atoms with Gasteiger partial charge in [-0.2, -0.15) is 0 Å². The number of carbonyl (C=O) groups excluding carboxylic acids is 1. The highest BCUT2D eigenvalue weighted by Crippen LogP contribution is 2.24. The molecule has 1 aromatic rings. The molecule has 112 valence electrons. The Bertz CT molecular complexity index is 450. The molecule has 1 amide bonds. The van der Waals surface area contributed by atoms with Crippen LogP contribution in [-0.4, -0.2) is 18.0 Å². The Morgan fingerprint density at radius 1 is 1.20 bits per heavy atom. The average molecular weight is 280 g/mol. The molecular formula is C16H25FN2O. The zero-order chi connectivity index (χ0) is 15.4. The van der Waals surface area contributed by atoms with Gasteiger partial charge in [0.1, 0.15) is 5.82 Å². The van der Waals surface area contributed by atoms with Crippen LogP contribution in [0.4, 0.5) is 4.39 Å². The number of amides is 1. The van der Waals surface area contributed by atoms with Crippen LogP contribution in [0.1, 0.15) is 46.1 Å². The minimum atomic E-state index is -0.712. The van der Waals surface area contributed by atoms with Crippen molar-refractivity contribution < 1.29 is 9.18 Å². The highest BCUT2D eigenvalue weighted by molar-refractivity contribution is 5.87. The van der Waals surface area contributed by atoms with Gasteiger partial charge in [0.2, 0.25) is 5.91 Å². The van der Waals surface area contributed by atoms with Crippen molar-refractivity contribution in [1.82, 2.24) is 5.32 Å². The Morgan fingerprint density at radius 2 is 1.70 bits per heavy atom. The molecule has 0 saturated heterocycles. The van der Waals surface area contributed by atoms with E-state index in [9.17, 15) is 9.18 Å². The van der Waals surface area contributed by atoms with E-state index >= 15 is 0 Å². The predicted molar refractivity (Wildman–Crippen MR) is 79.9 cm³/mol. The molecule has 1 aromatic carbocycles. The third kappa shape index (κ3) is 3.79. The van der Waals surface area contributed by atoms with E-state index in [2.05, 4.69) is 5.32 Å². The fraction of sp³-hybridized carbons (Fsp3) is 0.562. The van der Waals surface area contributed by atoms with Crippen molar-refractivity contribution in [3.8, 4) is 0 Å². The molecule has 20 heavy (non-hydrogen) atoms. The Balaban J connectivity index is 2.77. The van der Waals surface area contributed by atoms with Crippen LogP contribution in [0.5, 0.6) is 0 Å². The van der Waals surface area contributed by atoms with Gasteiger partial charge in [0.05, 0.1) is 5.41 Å². The summed E-state index contributed by atoms with van der Waals surface area (Å²) in [5.41, 5.74) is 5.89. The fourth-order valence-electron chi connectivity index (χ4n) is 1.97. The summed E-state index contributed by atoms with van der Waals surface area (Å²) in [6.07, 6.45) is 1.61. The molecule has 0 spiro atoms. The van der Waals surface area contributed by atoms with E-state index in [4.69, 9.17) is 5.73 Å². The Morgan fingerprint density at radius 3 is 2.15 bits per heavy atom. The van der Waals surface area contributed by atoms with Crippen LogP contribution in [0, 0.1) is 5.82 Å². The van der Waals surface area contributed by atoms with Crippen LogP contribution in [-0.2, 0) is 10.2 Å². The van der Waals surface area contributed by atoms with Gasteiger partial charge in [-0.05, 0) is 44.4 Å². The quantitative estimate of drug-likeness (QED) is 0.842. The molecule has 4 heteroatoms. The minimum Gasteiger partial charge on any atom is -0.354 e. The highest BCUT2D eigenvalue weighted by Gasteiger charge is 2.31. The van der Waals surface area contributed by atoms with Crippen molar-refractivity contribution in [1.29, 1.82) is 0 Å². The van der Waals surface area contributed by atoms with E-state index in [-0.39, 0.29) is 17.3 Å². The SMILES string of the molecule is CCC(N)(CC)CNC(=O)C(C)(C)c1ccc(F)cc1. The highest BCUT2D eigenvalue weighted by atomic mass is 19.1. The number of nitrogens with two attached hydrogens (primary N) is 1. The number of nitrogens with one attached hydrogen (secondary N) is 1. The zero-order valence-electron chi connectivity index (χ0n) is 12.8. The first-order chi connectivity index (χ1) is 9.25. The van der Waals surface area contributed by atoms with Gasteiger partial charge in [0.25, 0.3) is 0 Å². The van der Waals surface area contributed by atoms with Gasteiger partial charge in [0.15, 0.2) is 0 Å². The van der Waals surface area contributed by atoms with Crippen molar-refractivity contribution in [2.45, 2.75) is 51.5 Å². The molecule has 0 atom stereocenters. The summed E-state index contributed by atoms with van der Waals surface area (Å²) in [7, 11) is 0. The number of benzene rings is 1. The number of halogens is 1. The minimum absolute atomic E-state index is 0.0965. The summed E-state index contributed by atoms with van der Waals surface area (Å²) in [5, 5.41) is 2.92. The van der Waals surface area contributed by atoms with Crippen LogP contribution in [0.3, 0.4) is 0 Å². The first-order valence-corrected chi connectivity index (χ1v) is 7.08. The number of carbonyl (C=O) groups is 1. The lowest BCUT2D eigenvalue weighted by atomic mass is 9.83. The lowest BCUT2D eigenvalue weighted by Crippen LogP contribution is -2.52. The van der Waals surface area contributed by atoms with Crippen molar-refractivity contribution in [2.24, 2.45) is 5.73 Å². The number of hydrogen-bond acceptors (Lipinski definition) is 2. The van der Waals surface area contributed by atoms with Crippen molar-refractivity contribution >= 4 is 5.91 Å². The van der Waals surface area contributed by atoms with Crippen molar-refractivity contribution in [3.05, 3.63) is 35.6 Å². The molecule has 3 N–H and O–H groups in total. The monoisotopic (exact) mass is 280 g/mol. The standard InChI is InChI=1S/C16H25FN2O/c1-5-16(18,6-2)11-19-14(20)15(3,4)12-7-9-13(17)10-8-12/h7-10H,5-6,11,18H2,1-4H3,(H,19,20). The summed E-state index contributed by atoms with van der Waals surface area (Å²) in [4.78, 5) is 12.4. The van der Waals surface area contributed by atoms with Gasteiger partial charge in [-0.25, -0.2) is 4.39 Å². The normalized spacial score (nSPS) is 12.3. The van der Waals surface area contributed by atoms with Gasteiger partial charge in [-0.1, -0.05) is 26.0 Å². The fourth-order valence-corrected chi connectivity index (χ4v) is 1.97. The molecule has 0 aromatic heterocycles. The molecule has 0 saturated carbocycles. The summed E-state index contributed by atoms with van der Waals surface area (Å²) in [5.74, 6) is -0.399. The molecular weight excluding hydrogens is 255 g/mol. The van der Waals surface area contributed by atoms with E-state index in [0.29, 0.717) is 6.54 Å². The topological polar surface area (TPSA) is 55.1 Å². The van der Waals surface area contributed by atoms with E-state index in [1.807, 2.05) is 27.7 Å². The van der Waals surface area contributed by atoms with E-state index < -0.39 is 5.41 Å². The van der Waals surface area contributed by atoms with Crippen LogP contribution in [0.2, 0.25) is 0 Å². The van der Waals surface area contributed by atoms with Crippen LogP contribution in [0.25, 0.3) is 0 Å². The molecule has 0 unspecified atom stereocenters. The van der Waals surface area contributed by atoms with Gasteiger partial charge in [-0.3, -0.25) is 4.79 Å². The van der Waals surface area contributed by atoms with Crippen LogP contribution >= 0.6 is 0 Å². The van der Waals surface area contributed by atoms with E-state index in [1.54, 1.807) is 12.1 Å². The maximum atomic E-state index is 13.0. The van der Waals surface area contributed by atoms with E-state index in [1.165, 1.54) is 12.1 Å². The molecule has 0 heterocycles. The first kappa shape index (κ1) is 16.6. The second-order valence-corrected chi connectivity index (χ2v) is 5.88. The van der Waals surface area contributed by atoms with Crippen LogP contribution in [0.15, 0.2) is 24.3 Å². The predicted octanol–water partition coefficient (Wildman–Crippen LogP) is 2.74. The molecule has 0 aliphatic heterocycles. The Hall–Kier alpha value is -1.42. The largest absolute Gasteiger partial charge is 0.354 e. The molecule has 0 aliphatic rings. The third-order valence-electron chi connectivity index (χ3n) is 4.14. The van der Waals surface area contributed by atoms with Gasteiger partial charge in [-0.15, -0.1) is 0 Å². The molecule has 3 nitrogen and oxygen atoms in total. The maximum Gasteiger partial charge on any atom is 0.230 e. The smallest absolute Gasteiger partial charge is 0.230 e. The second kappa shape index (κ2) is 6.35. The Kier molecular flexibility index (Phi) is 5.28. The van der Waals surface area contributed by atoms with Crippen molar-refractivity contribution in [2.75, 3.05) is 6.54 Å². The van der Waals surface area contributed by atoms with Gasteiger partial charge >= 0.3 is 0 Å². The lowest BCUT2D eigenvalue weighted by Gasteiger charge is -2.30. The second-order valence-electron chi connectivity index (χ2n) is 5.88. The average Bonchev–Trinajstić information content (AvgIpc) is 2.44. The van der Waals surface area contributed by atoms with Gasteiger partial charge < -0.3 is 11.1 Å². The van der Waals surface area contributed by atoms with Crippen molar-refractivity contribution in [3.63, 3.8) is 0 Å². The van der Waals surface area contributed by atoms with Crippen LogP contribution < -0.4 is 11.1 Å². The third-order valence-corrected chi connectivity index (χ3v) is 4.14. The molecule has 0 bridgehead atoms. The summed E-state index contributed by atoms with van der Waals surface area (Å²) in [6, 6.07) is 6.03. The molecule has 0 fully saturated rings. The molecule has 1 rings (SSSR count). The first-order valence-electron chi connectivity index (χ1n) is 7.08. The summed E-state index contributed by atoms with van der Waals surface area (Å²) >= 11 is 0. The van der Waals surface area contributed by atoms with Gasteiger partial charge in [0, 0.05) is 12.1 Å². The van der Waals surface area contributed by atoms with E-state index in [0.717, 1.165) is 18.4 Å². The summed E-state index contributed by atoms with van der Waals surface area (Å²) in [6.45, 7) is 8.13. The maximum absolute atomic E-state index is 13.0. The lowest BCUT2D eigenvalue weighted by molar-refractivity contribution is -0.125.